The van der Waals surface area contributed by atoms with Crippen molar-refractivity contribution in [3.63, 3.8) is 0 Å². The number of benzene rings is 1. The van der Waals surface area contributed by atoms with Crippen LogP contribution in [0.25, 0.3) is 0 Å². The quantitative estimate of drug-likeness (QED) is 0.754. The summed E-state index contributed by atoms with van der Waals surface area (Å²) in [7, 11) is 0. The SMILES string of the molecule is CSc1ccc(F)c(CCCN)c1. The minimum Gasteiger partial charge on any atom is -0.330 e. The van der Waals surface area contributed by atoms with Gasteiger partial charge in [0.2, 0.25) is 0 Å². The molecular weight excluding hydrogens is 185 g/mol. The van der Waals surface area contributed by atoms with Crippen LogP contribution in [-0.4, -0.2) is 12.8 Å². The number of rotatable bonds is 4. The number of nitrogens with two attached hydrogens (primary N) is 1. The number of hydrogen-bond donors (Lipinski definition) is 1. The maximum Gasteiger partial charge on any atom is 0.126 e. The molecule has 0 aliphatic heterocycles. The molecule has 1 nitrogen and oxygen atoms in total. The molecule has 0 spiro atoms. The fourth-order valence-corrected chi connectivity index (χ4v) is 1.63. The molecule has 0 saturated heterocycles. The largest absolute Gasteiger partial charge is 0.330 e. The third-order valence-electron chi connectivity index (χ3n) is 1.90. The molecule has 72 valence electrons. The summed E-state index contributed by atoms with van der Waals surface area (Å²) in [5, 5.41) is 0. The first-order chi connectivity index (χ1) is 6.27. The van der Waals surface area contributed by atoms with E-state index in [9.17, 15) is 4.39 Å². The van der Waals surface area contributed by atoms with Gasteiger partial charge in [-0.05, 0) is 49.4 Å². The van der Waals surface area contributed by atoms with Gasteiger partial charge in [0.1, 0.15) is 5.82 Å². The maximum atomic E-state index is 13.2. The Hall–Kier alpha value is -0.540. The summed E-state index contributed by atoms with van der Waals surface area (Å²) in [6, 6.07) is 5.22. The zero-order valence-corrected chi connectivity index (χ0v) is 8.53. The van der Waals surface area contributed by atoms with E-state index in [0.29, 0.717) is 6.54 Å². The maximum absolute atomic E-state index is 13.2. The van der Waals surface area contributed by atoms with Crippen LogP contribution >= 0.6 is 11.8 Å². The monoisotopic (exact) mass is 199 g/mol. The zero-order valence-electron chi connectivity index (χ0n) is 7.72. The number of thioether (sulfide) groups is 1. The molecule has 0 aromatic heterocycles. The van der Waals surface area contributed by atoms with E-state index in [0.717, 1.165) is 23.3 Å². The molecule has 0 bridgehead atoms. The van der Waals surface area contributed by atoms with E-state index in [4.69, 9.17) is 5.73 Å². The molecule has 0 aliphatic carbocycles. The molecule has 0 fully saturated rings. The van der Waals surface area contributed by atoms with Crippen molar-refractivity contribution >= 4 is 11.8 Å². The molecular formula is C10H14FNS. The van der Waals surface area contributed by atoms with Crippen molar-refractivity contribution in [2.45, 2.75) is 17.7 Å². The van der Waals surface area contributed by atoms with Crippen LogP contribution in [0, 0.1) is 5.82 Å². The molecule has 0 radical (unpaired) electrons. The Morgan fingerprint density at radius 3 is 2.85 bits per heavy atom. The van der Waals surface area contributed by atoms with Gasteiger partial charge in [-0.25, -0.2) is 4.39 Å². The third-order valence-corrected chi connectivity index (χ3v) is 2.63. The van der Waals surface area contributed by atoms with Crippen molar-refractivity contribution in [3.05, 3.63) is 29.6 Å². The molecule has 1 aromatic rings. The van der Waals surface area contributed by atoms with Gasteiger partial charge in [-0.2, -0.15) is 0 Å². The van der Waals surface area contributed by atoms with Crippen LogP contribution < -0.4 is 5.73 Å². The molecule has 0 unspecified atom stereocenters. The normalized spacial score (nSPS) is 10.4. The van der Waals surface area contributed by atoms with Crippen molar-refractivity contribution < 1.29 is 4.39 Å². The molecule has 0 amide bonds. The van der Waals surface area contributed by atoms with Crippen LogP contribution in [0.1, 0.15) is 12.0 Å². The Bertz CT molecular complexity index is 276. The van der Waals surface area contributed by atoms with Crippen LogP contribution in [-0.2, 0) is 6.42 Å². The van der Waals surface area contributed by atoms with Gasteiger partial charge in [-0.15, -0.1) is 11.8 Å². The van der Waals surface area contributed by atoms with Crippen LogP contribution in [0.4, 0.5) is 4.39 Å². The van der Waals surface area contributed by atoms with E-state index in [2.05, 4.69) is 0 Å². The van der Waals surface area contributed by atoms with Gasteiger partial charge >= 0.3 is 0 Å². The lowest BCUT2D eigenvalue weighted by Gasteiger charge is -2.03. The molecule has 13 heavy (non-hydrogen) atoms. The number of aryl methyl sites for hydroxylation is 1. The van der Waals surface area contributed by atoms with Crippen molar-refractivity contribution in [2.24, 2.45) is 5.73 Å². The number of hydrogen-bond acceptors (Lipinski definition) is 2. The molecule has 0 atom stereocenters. The van der Waals surface area contributed by atoms with E-state index >= 15 is 0 Å². The lowest BCUT2D eigenvalue weighted by molar-refractivity contribution is 0.603. The summed E-state index contributed by atoms with van der Waals surface area (Å²) in [4.78, 5) is 1.11. The van der Waals surface area contributed by atoms with E-state index < -0.39 is 0 Å². The fourth-order valence-electron chi connectivity index (χ4n) is 1.16. The number of halogens is 1. The van der Waals surface area contributed by atoms with E-state index in [-0.39, 0.29) is 5.82 Å². The van der Waals surface area contributed by atoms with Crippen LogP contribution in [0.5, 0.6) is 0 Å². The van der Waals surface area contributed by atoms with Gasteiger partial charge in [0.05, 0.1) is 0 Å². The van der Waals surface area contributed by atoms with Crippen molar-refractivity contribution in [1.82, 2.24) is 0 Å². The summed E-state index contributed by atoms with van der Waals surface area (Å²) >= 11 is 1.63. The lowest BCUT2D eigenvalue weighted by atomic mass is 10.1. The highest BCUT2D eigenvalue weighted by molar-refractivity contribution is 7.98. The molecule has 0 heterocycles. The van der Waals surface area contributed by atoms with Crippen LogP contribution in [0.15, 0.2) is 23.1 Å². The Morgan fingerprint density at radius 2 is 2.23 bits per heavy atom. The van der Waals surface area contributed by atoms with Crippen LogP contribution in [0.3, 0.4) is 0 Å². The first-order valence-electron chi connectivity index (χ1n) is 4.30. The minimum absolute atomic E-state index is 0.119. The van der Waals surface area contributed by atoms with E-state index in [1.165, 1.54) is 6.07 Å². The zero-order chi connectivity index (χ0) is 9.68. The Labute approximate surface area is 82.5 Å². The highest BCUT2D eigenvalue weighted by Gasteiger charge is 2.02. The highest BCUT2D eigenvalue weighted by Crippen LogP contribution is 2.19. The van der Waals surface area contributed by atoms with Crippen LogP contribution in [0.2, 0.25) is 0 Å². The lowest BCUT2D eigenvalue weighted by Crippen LogP contribution is -2.01. The first kappa shape index (κ1) is 10.5. The first-order valence-corrected chi connectivity index (χ1v) is 5.53. The van der Waals surface area contributed by atoms with Crippen molar-refractivity contribution in [2.75, 3.05) is 12.8 Å². The molecule has 0 saturated carbocycles. The molecule has 1 aromatic carbocycles. The second kappa shape index (κ2) is 5.25. The van der Waals surface area contributed by atoms with Gasteiger partial charge in [-0.3, -0.25) is 0 Å². The Kier molecular flexibility index (Phi) is 4.25. The van der Waals surface area contributed by atoms with E-state index in [1.54, 1.807) is 17.8 Å². The molecule has 0 aliphatic rings. The van der Waals surface area contributed by atoms with Gasteiger partial charge in [0, 0.05) is 4.90 Å². The van der Waals surface area contributed by atoms with Crippen molar-refractivity contribution in [1.29, 1.82) is 0 Å². The summed E-state index contributed by atoms with van der Waals surface area (Å²) in [5.41, 5.74) is 6.14. The predicted molar refractivity (Wildman–Crippen MR) is 55.6 cm³/mol. The molecule has 3 heteroatoms. The standard InChI is InChI=1S/C10H14FNS/c1-13-9-4-5-10(11)8(7-9)3-2-6-12/h4-5,7H,2-3,6,12H2,1H3. The average molecular weight is 199 g/mol. The summed E-state index contributed by atoms with van der Waals surface area (Å²) < 4.78 is 13.2. The summed E-state index contributed by atoms with van der Waals surface area (Å²) in [6.45, 7) is 0.614. The fraction of sp³-hybridized carbons (Fsp3) is 0.400. The van der Waals surface area contributed by atoms with Gasteiger partial charge in [0.15, 0.2) is 0 Å². The Balaban J connectivity index is 2.78. The predicted octanol–water partition coefficient (Wildman–Crippen LogP) is 2.44. The second-order valence-electron chi connectivity index (χ2n) is 2.85. The van der Waals surface area contributed by atoms with E-state index in [1.807, 2.05) is 12.3 Å². The molecule has 2 N–H and O–H groups in total. The van der Waals surface area contributed by atoms with Gasteiger partial charge < -0.3 is 5.73 Å². The Morgan fingerprint density at radius 1 is 1.46 bits per heavy atom. The average Bonchev–Trinajstić information content (AvgIpc) is 2.17. The summed E-state index contributed by atoms with van der Waals surface area (Å²) in [6.07, 6.45) is 3.56. The second-order valence-corrected chi connectivity index (χ2v) is 3.73. The molecule has 1 rings (SSSR count). The minimum atomic E-state index is -0.119. The van der Waals surface area contributed by atoms with Gasteiger partial charge in [0.25, 0.3) is 0 Å². The topological polar surface area (TPSA) is 26.0 Å². The van der Waals surface area contributed by atoms with Gasteiger partial charge in [-0.1, -0.05) is 0 Å². The smallest absolute Gasteiger partial charge is 0.126 e. The van der Waals surface area contributed by atoms with Crippen molar-refractivity contribution in [3.8, 4) is 0 Å². The summed E-state index contributed by atoms with van der Waals surface area (Å²) in [5.74, 6) is -0.119. The highest BCUT2D eigenvalue weighted by atomic mass is 32.2. The third kappa shape index (κ3) is 3.01.